The van der Waals surface area contributed by atoms with Gasteiger partial charge >= 0.3 is 5.97 Å². The second kappa shape index (κ2) is 9.60. The van der Waals surface area contributed by atoms with Gasteiger partial charge in [-0.2, -0.15) is 0 Å². The van der Waals surface area contributed by atoms with E-state index in [4.69, 9.17) is 10.5 Å². The van der Waals surface area contributed by atoms with Crippen LogP contribution in [0.25, 0.3) is 10.8 Å². The van der Waals surface area contributed by atoms with Crippen molar-refractivity contribution in [3.63, 3.8) is 0 Å². The molecule has 1 fully saturated rings. The molecule has 31 heavy (non-hydrogen) atoms. The number of hydrogen-bond acceptors (Lipinski definition) is 5. The smallest absolute Gasteiger partial charge is 0.311 e. The van der Waals surface area contributed by atoms with Crippen molar-refractivity contribution in [2.45, 2.75) is 38.0 Å². The van der Waals surface area contributed by atoms with Gasteiger partial charge in [-0.05, 0) is 60.0 Å². The van der Waals surface area contributed by atoms with E-state index in [2.05, 4.69) is 10.3 Å². The lowest BCUT2D eigenvalue weighted by molar-refractivity contribution is -0.135. The Kier molecular flexibility index (Phi) is 6.46. The van der Waals surface area contributed by atoms with Crippen molar-refractivity contribution in [3.8, 4) is 5.75 Å². The molecule has 4 rings (SSSR count). The number of ether oxygens (including phenoxy) is 1. The van der Waals surface area contributed by atoms with E-state index in [-0.39, 0.29) is 5.97 Å². The lowest BCUT2D eigenvalue weighted by atomic mass is 9.98. The average Bonchev–Trinajstić information content (AvgIpc) is 3.27. The zero-order chi connectivity index (χ0) is 21.6. The molecule has 0 aliphatic heterocycles. The predicted octanol–water partition coefficient (Wildman–Crippen LogP) is 4.40. The van der Waals surface area contributed by atoms with Crippen LogP contribution in [-0.2, 0) is 9.59 Å². The Labute approximate surface area is 181 Å². The van der Waals surface area contributed by atoms with Gasteiger partial charge in [-0.25, -0.2) is 0 Å². The fourth-order valence-corrected chi connectivity index (χ4v) is 4.19. The number of primary amides is 1. The highest BCUT2D eigenvalue weighted by atomic mass is 16.5. The molecule has 2 aromatic carbocycles. The van der Waals surface area contributed by atoms with Gasteiger partial charge in [0.05, 0.1) is 5.92 Å². The quantitative estimate of drug-likeness (QED) is 0.418. The van der Waals surface area contributed by atoms with E-state index >= 15 is 0 Å². The number of carbonyl (C=O) groups excluding carboxylic acids is 2. The first-order valence-electron chi connectivity index (χ1n) is 10.8. The number of anilines is 1. The summed E-state index contributed by atoms with van der Waals surface area (Å²) in [6.07, 6.45) is 8.65. The number of amides is 1. The molecule has 1 aliphatic rings. The van der Waals surface area contributed by atoms with Gasteiger partial charge in [-0.15, -0.1) is 0 Å². The van der Waals surface area contributed by atoms with Gasteiger partial charge in [0.2, 0.25) is 5.91 Å². The van der Waals surface area contributed by atoms with E-state index in [9.17, 15) is 9.59 Å². The highest BCUT2D eigenvalue weighted by Crippen LogP contribution is 2.28. The topological polar surface area (TPSA) is 94.3 Å². The Morgan fingerprint density at radius 2 is 1.84 bits per heavy atom. The maximum atomic E-state index is 12.1. The van der Waals surface area contributed by atoms with E-state index in [1.54, 1.807) is 30.5 Å². The highest BCUT2D eigenvalue weighted by Gasteiger charge is 2.21. The summed E-state index contributed by atoms with van der Waals surface area (Å²) >= 11 is 0. The van der Waals surface area contributed by atoms with Gasteiger partial charge in [0.15, 0.2) is 0 Å². The molecule has 1 atom stereocenters. The van der Waals surface area contributed by atoms with Gasteiger partial charge in [-0.3, -0.25) is 14.6 Å². The largest absolute Gasteiger partial charge is 0.427 e. The molecule has 0 spiro atoms. The number of esters is 1. The van der Waals surface area contributed by atoms with E-state index in [0.29, 0.717) is 24.6 Å². The standard InChI is InChI=1S/C25H27N3O3/c26-25(30)23(16-28-21-8-5-20-15-27-12-11-19(20)14-21)18-6-9-22(10-7-18)31-24(29)13-17-3-1-2-4-17/h5-12,14-15,17,23,28H,1-4,13,16H2,(H2,26,30). The Balaban J connectivity index is 1.38. The van der Waals surface area contributed by atoms with Crippen LogP contribution < -0.4 is 15.8 Å². The molecule has 0 bridgehead atoms. The van der Waals surface area contributed by atoms with E-state index in [1.165, 1.54) is 12.8 Å². The second-order valence-corrected chi connectivity index (χ2v) is 8.17. The predicted molar refractivity (Wildman–Crippen MR) is 121 cm³/mol. The Bertz CT molecular complexity index is 1060. The SMILES string of the molecule is NC(=O)C(CNc1ccc2cnccc2c1)c1ccc(OC(=O)CC2CCCC2)cc1. The van der Waals surface area contributed by atoms with Crippen molar-refractivity contribution in [1.29, 1.82) is 0 Å². The molecule has 0 radical (unpaired) electrons. The number of nitrogens with two attached hydrogens (primary N) is 1. The third-order valence-electron chi connectivity index (χ3n) is 5.94. The minimum Gasteiger partial charge on any atom is -0.427 e. The van der Waals surface area contributed by atoms with Gasteiger partial charge in [0.25, 0.3) is 0 Å². The van der Waals surface area contributed by atoms with Crippen LogP contribution in [0.5, 0.6) is 5.75 Å². The number of carbonyl (C=O) groups is 2. The first kappa shape index (κ1) is 20.8. The average molecular weight is 418 g/mol. The van der Waals surface area contributed by atoms with Crippen molar-refractivity contribution < 1.29 is 14.3 Å². The van der Waals surface area contributed by atoms with E-state index in [0.717, 1.165) is 34.9 Å². The molecular weight excluding hydrogens is 390 g/mol. The van der Waals surface area contributed by atoms with Crippen LogP contribution in [0.1, 0.15) is 43.6 Å². The summed E-state index contributed by atoms with van der Waals surface area (Å²) < 4.78 is 5.47. The normalized spacial score (nSPS) is 15.0. The Hall–Kier alpha value is -3.41. The summed E-state index contributed by atoms with van der Waals surface area (Å²) in [5, 5.41) is 5.42. The molecule has 1 amide bonds. The fourth-order valence-electron chi connectivity index (χ4n) is 4.19. The Morgan fingerprint density at radius 1 is 1.06 bits per heavy atom. The first-order chi connectivity index (χ1) is 15.1. The van der Waals surface area contributed by atoms with Gasteiger partial charge in [-0.1, -0.05) is 31.0 Å². The van der Waals surface area contributed by atoms with Crippen LogP contribution in [0.2, 0.25) is 0 Å². The minimum atomic E-state index is -0.503. The molecule has 1 saturated carbocycles. The minimum absolute atomic E-state index is 0.195. The lowest BCUT2D eigenvalue weighted by Crippen LogP contribution is -2.27. The lowest BCUT2D eigenvalue weighted by Gasteiger charge is -2.16. The maximum Gasteiger partial charge on any atom is 0.311 e. The number of hydrogen-bond donors (Lipinski definition) is 2. The van der Waals surface area contributed by atoms with Crippen LogP contribution in [0.4, 0.5) is 5.69 Å². The zero-order valence-corrected chi connectivity index (χ0v) is 17.4. The van der Waals surface area contributed by atoms with Crippen LogP contribution in [0.15, 0.2) is 60.9 Å². The third kappa shape index (κ3) is 5.40. The van der Waals surface area contributed by atoms with Crippen LogP contribution in [-0.4, -0.2) is 23.4 Å². The van der Waals surface area contributed by atoms with E-state index < -0.39 is 11.8 Å². The van der Waals surface area contributed by atoms with Gasteiger partial charge in [0.1, 0.15) is 5.75 Å². The molecule has 3 N–H and O–H groups in total. The summed E-state index contributed by atoms with van der Waals surface area (Å²) in [6, 6.07) is 14.9. The monoisotopic (exact) mass is 417 g/mol. The highest BCUT2D eigenvalue weighted by molar-refractivity contribution is 5.85. The van der Waals surface area contributed by atoms with Crippen molar-refractivity contribution in [1.82, 2.24) is 4.98 Å². The molecule has 3 aromatic rings. The molecule has 1 aliphatic carbocycles. The molecule has 6 heteroatoms. The molecule has 1 unspecified atom stereocenters. The summed E-state index contributed by atoms with van der Waals surface area (Å²) in [5.74, 6) is -0.173. The number of nitrogens with zero attached hydrogens (tertiary/aromatic N) is 1. The molecule has 160 valence electrons. The summed E-state index contributed by atoms with van der Waals surface area (Å²) in [4.78, 5) is 28.3. The second-order valence-electron chi connectivity index (χ2n) is 8.17. The molecular formula is C25H27N3O3. The van der Waals surface area contributed by atoms with Crippen LogP contribution in [0.3, 0.4) is 0 Å². The molecule has 0 saturated heterocycles. The van der Waals surface area contributed by atoms with Crippen molar-refractivity contribution in [3.05, 3.63) is 66.5 Å². The maximum absolute atomic E-state index is 12.1. The molecule has 1 aromatic heterocycles. The summed E-state index contributed by atoms with van der Waals surface area (Å²) in [7, 11) is 0. The number of nitrogens with one attached hydrogen (secondary N) is 1. The number of aromatic nitrogens is 1. The van der Waals surface area contributed by atoms with Crippen molar-refractivity contribution in [2.24, 2.45) is 11.7 Å². The van der Waals surface area contributed by atoms with Crippen molar-refractivity contribution in [2.75, 3.05) is 11.9 Å². The first-order valence-corrected chi connectivity index (χ1v) is 10.8. The Morgan fingerprint density at radius 3 is 2.58 bits per heavy atom. The zero-order valence-electron chi connectivity index (χ0n) is 17.4. The summed E-state index contributed by atoms with van der Waals surface area (Å²) in [5.41, 5.74) is 7.34. The number of pyridine rings is 1. The number of fused-ring (bicyclic) bond motifs is 1. The van der Waals surface area contributed by atoms with Crippen LogP contribution in [0, 0.1) is 5.92 Å². The van der Waals surface area contributed by atoms with Crippen molar-refractivity contribution >= 4 is 28.3 Å². The fraction of sp³-hybridized carbons (Fsp3) is 0.320. The third-order valence-corrected chi connectivity index (χ3v) is 5.94. The number of rotatable bonds is 8. The molecule has 1 heterocycles. The summed E-state index contributed by atoms with van der Waals surface area (Å²) in [6.45, 7) is 0.368. The molecule has 6 nitrogen and oxygen atoms in total. The number of benzene rings is 2. The van der Waals surface area contributed by atoms with Crippen LogP contribution >= 0.6 is 0 Å². The van der Waals surface area contributed by atoms with Gasteiger partial charge in [0, 0.05) is 36.4 Å². The van der Waals surface area contributed by atoms with E-state index in [1.807, 2.05) is 30.5 Å². The van der Waals surface area contributed by atoms with Gasteiger partial charge < -0.3 is 15.8 Å².